The second-order valence-corrected chi connectivity index (χ2v) is 7.71. The van der Waals surface area contributed by atoms with Gasteiger partial charge in [-0.1, -0.05) is 0 Å². The van der Waals surface area contributed by atoms with Crippen molar-refractivity contribution in [1.29, 1.82) is 0 Å². The average molecular weight is 424 g/mol. The normalized spacial score (nSPS) is 19.6. The highest BCUT2D eigenvalue weighted by Gasteiger charge is 2.46. The smallest absolute Gasteiger partial charge is 0.337 e. The molecule has 0 radical (unpaired) electrons. The molecule has 0 unspecified atom stereocenters. The molecule has 1 atom stereocenters. The lowest BCUT2D eigenvalue weighted by Crippen LogP contribution is -3.19. The molecule has 0 saturated carbocycles. The maximum Gasteiger partial charge on any atom is 0.337 e. The van der Waals surface area contributed by atoms with Gasteiger partial charge < -0.3 is 19.3 Å². The minimum absolute atomic E-state index is 0.177. The van der Waals surface area contributed by atoms with Gasteiger partial charge in [0.15, 0.2) is 6.04 Å². The van der Waals surface area contributed by atoms with Crippen LogP contribution in [-0.2, 0) is 14.3 Å². The highest BCUT2D eigenvalue weighted by atomic mass is 16.5. The molecule has 2 aliphatic heterocycles. The van der Waals surface area contributed by atoms with E-state index in [2.05, 4.69) is 4.90 Å². The molecule has 8 heteroatoms. The molecule has 4 rings (SSSR count). The summed E-state index contributed by atoms with van der Waals surface area (Å²) in [5.41, 5.74) is 1.99. The van der Waals surface area contributed by atoms with Gasteiger partial charge in [-0.05, 0) is 48.5 Å². The van der Waals surface area contributed by atoms with Crippen LogP contribution in [0.15, 0.2) is 48.5 Å². The van der Waals surface area contributed by atoms with Crippen LogP contribution in [-0.4, -0.2) is 64.2 Å². The predicted molar refractivity (Wildman–Crippen MR) is 115 cm³/mol. The Morgan fingerprint density at radius 2 is 1.55 bits per heavy atom. The zero-order valence-corrected chi connectivity index (χ0v) is 17.7. The van der Waals surface area contributed by atoms with Gasteiger partial charge in [0.05, 0.1) is 58.1 Å². The van der Waals surface area contributed by atoms with Gasteiger partial charge in [-0.2, -0.15) is 0 Å². The molecule has 2 saturated heterocycles. The van der Waals surface area contributed by atoms with E-state index in [9.17, 15) is 14.4 Å². The molecule has 8 nitrogen and oxygen atoms in total. The first kappa shape index (κ1) is 20.9. The van der Waals surface area contributed by atoms with Crippen LogP contribution in [0.3, 0.4) is 0 Å². The fraction of sp³-hybridized carbons (Fsp3) is 0.348. The highest BCUT2D eigenvalue weighted by Crippen LogP contribution is 2.23. The second kappa shape index (κ2) is 8.77. The molecule has 2 aromatic carbocycles. The summed E-state index contributed by atoms with van der Waals surface area (Å²) in [5.74, 6) is -0.0138. The summed E-state index contributed by atoms with van der Waals surface area (Å²) in [5, 5.41) is 0. The molecule has 0 aromatic heterocycles. The van der Waals surface area contributed by atoms with E-state index < -0.39 is 5.97 Å². The number of ether oxygens (including phenoxy) is 2. The van der Waals surface area contributed by atoms with Crippen LogP contribution in [0.2, 0.25) is 0 Å². The summed E-state index contributed by atoms with van der Waals surface area (Å²) < 4.78 is 9.91. The third-order valence-corrected chi connectivity index (χ3v) is 6.03. The molecule has 31 heavy (non-hydrogen) atoms. The number of carbonyl (C=O) groups is 3. The van der Waals surface area contributed by atoms with E-state index in [1.165, 1.54) is 12.0 Å². The van der Waals surface area contributed by atoms with E-state index in [0.29, 0.717) is 11.3 Å². The van der Waals surface area contributed by atoms with Gasteiger partial charge in [0.2, 0.25) is 5.91 Å². The number of nitrogens with one attached hydrogen (secondary N) is 1. The van der Waals surface area contributed by atoms with Gasteiger partial charge in [0.25, 0.3) is 5.91 Å². The predicted octanol–water partition coefficient (Wildman–Crippen LogP) is 0.519. The lowest BCUT2D eigenvalue weighted by atomic mass is 10.1. The fourth-order valence-corrected chi connectivity index (χ4v) is 4.28. The van der Waals surface area contributed by atoms with Crippen LogP contribution >= 0.6 is 0 Å². The van der Waals surface area contributed by atoms with Gasteiger partial charge in [0, 0.05) is 5.69 Å². The quantitative estimate of drug-likeness (QED) is 0.557. The molecular formula is C23H26N3O5+. The molecule has 0 bridgehead atoms. The van der Waals surface area contributed by atoms with E-state index in [1.807, 2.05) is 24.3 Å². The third-order valence-electron chi connectivity index (χ3n) is 6.03. The molecule has 2 heterocycles. The molecule has 0 spiro atoms. The first-order valence-corrected chi connectivity index (χ1v) is 10.3. The van der Waals surface area contributed by atoms with Crippen LogP contribution in [0.5, 0.6) is 5.75 Å². The number of hydrogen-bond donors (Lipinski definition) is 1. The molecule has 2 aromatic rings. The Kier molecular flexibility index (Phi) is 5.90. The fourth-order valence-electron chi connectivity index (χ4n) is 4.28. The van der Waals surface area contributed by atoms with Crippen molar-refractivity contribution in [2.45, 2.75) is 12.5 Å². The van der Waals surface area contributed by atoms with E-state index in [-0.39, 0.29) is 24.3 Å². The van der Waals surface area contributed by atoms with Crippen LogP contribution in [0.4, 0.5) is 11.4 Å². The summed E-state index contributed by atoms with van der Waals surface area (Å²) >= 11 is 0. The van der Waals surface area contributed by atoms with E-state index >= 15 is 0 Å². The summed E-state index contributed by atoms with van der Waals surface area (Å²) in [4.78, 5) is 42.0. The standard InChI is InChI=1S/C23H25N3O5/c1-30-19-9-7-17(8-10-19)24-11-13-25(14-12-24)20-15-21(27)26(22(20)28)18-5-3-16(4-6-18)23(29)31-2/h3-10,20H,11-15H2,1-2H3/p+1/t20-/m0/s1. The molecule has 2 aliphatic rings. The van der Waals surface area contributed by atoms with Crippen LogP contribution in [0.25, 0.3) is 0 Å². The molecule has 1 N–H and O–H groups in total. The number of rotatable bonds is 5. The summed E-state index contributed by atoms with van der Waals surface area (Å²) in [7, 11) is 2.96. The monoisotopic (exact) mass is 424 g/mol. The zero-order chi connectivity index (χ0) is 22.0. The Bertz CT molecular complexity index is 966. The van der Waals surface area contributed by atoms with Crippen LogP contribution < -0.4 is 19.4 Å². The third kappa shape index (κ3) is 4.11. The summed E-state index contributed by atoms with van der Waals surface area (Å²) in [6.07, 6.45) is 0.204. The number of nitrogens with zero attached hydrogens (tertiary/aromatic N) is 2. The lowest BCUT2D eigenvalue weighted by Gasteiger charge is -2.35. The van der Waals surface area contributed by atoms with Crippen molar-refractivity contribution in [3.05, 3.63) is 54.1 Å². The number of methoxy groups -OCH3 is 2. The number of quaternary nitrogens is 1. The number of carbonyl (C=O) groups excluding carboxylic acids is 3. The number of amides is 2. The number of esters is 1. The van der Waals surface area contributed by atoms with Crippen molar-refractivity contribution in [3.63, 3.8) is 0 Å². The first-order valence-electron chi connectivity index (χ1n) is 10.3. The average Bonchev–Trinajstić information content (AvgIpc) is 3.12. The lowest BCUT2D eigenvalue weighted by molar-refractivity contribution is -0.915. The largest absolute Gasteiger partial charge is 0.497 e. The number of piperazine rings is 1. The van der Waals surface area contributed by atoms with Crippen molar-refractivity contribution >= 4 is 29.2 Å². The second-order valence-electron chi connectivity index (χ2n) is 7.71. The van der Waals surface area contributed by atoms with Gasteiger partial charge in [-0.3, -0.25) is 9.59 Å². The number of anilines is 2. The Morgan fingerprint density at radius 3 is 2.13 bits per heavy atom. The van der Waals surface area contributed by atoms with Gasteiger partial charge >= 0.3 is 5.97 Å². The maximum atomic E-state index is 13.1. The zero-order valence-electron chi connectivity index (χ0n) is 17.7. The van der Waals surface area contributed by atoms with Crippen molar-refractivity contribution in [2.24, 2.45) is 0 Å². The van der Waals surface area contributed by atoms with Gasteiger partial charge in [0.1, 0.15) is 5.75 Å². The van der Waals surface area contributed by atoms with Crippen molar-refractivity contribution in [3.8, 4) is 5.75 Å². The van der Waals surface area contributed by atoms with Crippen LogP contribution in [0, 0.1) is 0 Å². The maximum absolute atomic E-state index is 13.1. The molecule has 2 fully saturated rings. The molecule has 0 aliphatic carbocycles. The summed E-state index contributed by atoms with van der Waals surface area (Å²) in [6, 6.07) is 13.9. The highest BCUT2D eigenvalue weighted by molar-refractivity contribution is 6.22. The van der Waals surface area contributed by atoms with Crippen LogP contribution in [0.1, 0.15) is 16.8 Å². The van der Waals surface area contributed by atoms with Crippen molar-refractivity contribution in [2.75, 3.05) is 50.2 Å². The van der Waals surface area contributed by atoms with E-state index in [4.69, 9.17) is 9.47 Å². The Labute approximate surface area is 180 Å². The minimum Gasteiger partial charge on any atom is -0.497 e. The number of benzene rings is 2. The topological polar surface area (TPSA) is 80.6 Å². The molecule has 2 amide bonds. The first-order chi connectivity index (χ1) is 15.0. The SMILES string of the molecule is COC(=O)c1ccc(N2C(=O)C[C@H]([NH+]3CCN(c4ccc(OC)cc4)CC3)C2=O)cc1. The number of imide groups is 1. The van der Waals surface area contributed by atoms with Crippen molar-refractivity contribution < 1.29 is 28.8 Å². The van der Waals surface area contributed by atoms with Crippen molar-refractivity contribution in [1.82, 2.24) is 0 Å². The number of hydrogen-bond acceptors (Lipinski definition) is 6. The molecule has 162 valence electrons. The van der Waals surface area contributed by atoms with Gasteiger partial charge in [-0.25, -0.2) is 9.69 Å². The Hall–Kier alpha value is -3.39. The Morgan fingerprint density at radius 1 is 0.935 bits per heavy atom. The Balaban J connectivity index is 1.40. The van der Waals surface area contributed by atoms with E-state index in [0.717, 1.165) is 42.5 Å². The van der Waals surface area contributed by atoms with Gasteiger partial charge in [-0.15, -0.1) is 0 Å². The minimum atomic E-state index is -0.456. The molecular weight excluding hydrogens is 398 g/mol. The summed E-state index contributed by atoms with van der Waals surface area (Å²) in [6.45, 7) is 3.19. The van der Waals surface area contributed by atoms with E-state index in [1.54, 1.807) is 31.4 Å².